The van der Waals surface area contributed by atoms with Gasteiger partial charge in [-0.05, 0) is 0 Å². The summed E-state index contributed by atoms with van der Waals surface area (Å²) in [6, 6.07) is 0. The van der Waals surface area contributed by atoms with Crippen LogP contribution in [0.5, 0.6) is 0 Å². The Bertz CT molecular complexity index is 206. The Hall–Kier alpha value is -1.58. The Labute approximate surface area is 103 Å². The van der Waals surface area contributed by atoms with Crippen LogP contribution >= 0.6 is 0 Å². The molecular weight excluding hydrogens is 252 g/mol. The summed E-state index contributed by atoms with van der Waals surface area (Å²) in [4.78, 5) is 19.8. The fourth-order valence-electron chi connectivity index (χ4n) is 0.779. The number of carboxylic acid groups (broad SMARTS) is 2. The minimum Gasteiger partial charge on any atom is -0.450 e. The van der Waals surface area contributed by atoms with Crippen LogP contribution in [0, 0.1) is 0 Å². The van der Waals surface area contributed by atoms with Crippen LogP contribution in [-0.2, 0) is 23.7 Å². The number of ether oxygens (including phenoxy) is 5. The second kappa shape index (κ2) is 11.9. The summed E-state index contributed by atoms with van der Waals surface area (Å²) in [5.74, 6) is 0. The highest BCUT2D eigenvalue weighted by Gasteiger charge is 1.97. The summed E-state index contributed by atoms with van der Waals surface area (Å²) >= 11 is 0. The zero-order chi connectivity index (χ0) is 13.6. The van der Waals surface area contributed by atoms with Gasteiger partial charge in [-0.25, -0.2) is 9.59 Å². The van der Waals surface area contributed by atoms with Gasteiger partial charge in [0.15, 0.2) is 6.79 Å². The van der Waals surface area contributed by atoms with Gasteiger partial charge in [0.2, 0.25) is 0 Å². The van der Waals surface area contributed by atoms with Gasteiger partial charge in [-0.1, -0.05) is 0 Å². The molecule has 0 aliphatic carbocycles. The van der Waals surface area contributed by atoms with Crippen LogP contribution in [0.4, 0.5) is 9.59 Å². The van der Waals surface area contributed by atoms with Gasteiger partial charge in [0.25, 0.3) is 0 Å². The van der Waals surface area contributed by atoms with Crippen molar-refractivity contribution >= 4 is 12.3 Å². The first-order valence-corrected chi connectivity index (χ1v) is 5.07. The molecule has 0 spiro atoms. The van der Waals surface area contributed by atoms with E-state index in [1.807, 2.05) is 0 Å². The van der Waals surface area contributed by atoms with Crippen molar-refractivity contribution in [2.75, 3.05) is 46.4 Å². The fourth-order valence-corrected chi connectivity index (χ4v) is 0.779. The molecule has 18 heavy (non-hydrogen) atoms. The van der Waals surface area contributed by atoms with E-state index in [0.717, 1.165) is 0 Å². The zero-order valence-corrected chi connectivity index (χ0v) is 9.70. The van der Waals surface area contributed by atoms with Crippen LogP contribution in [0.25, 0.3) is 0 Å². The number of hydrogen-bond donors (Lipinski definition) is 2. The molecule has 9 nitrogen and oxygen atoms in total. The van der Waals surface area contributed by atoms with E-state index >= 15 is 0 Å². The number of carbonyl (C=O) groups is 2. The summed E-state index contributed by atoms with van der Waals surface area (Å²) < 4.78 is 23.1. The molecule has 106 valence electrons. The van der Waals surface area contributed by atoms with Gasteiger partial charge in [-0.2, -0.15) is 0 Å². The standard InChI is InChI=1S/C9H16O9/c10-8(11)17-6-5-15-2-1-14-3-4-16-7-18-9(12)13/h1-7H2,(H,10,11)(H,12,13). The van der Waals surface area contributed by atoms with Crippen molar-refractivity contribution in [3.8, 4) is 0 Å². The molecule has 0 aliphatic heterocycles. The van der Waals surface area contributed by atoms with Gasteiger partial charge in [-0.3, -0.25) is 0 Å². The fraction of sp³-hybridized carbons (Fsp3) is 0.778. The molecule has 0 aliphatic rings. The van der Waals surface area contributed by atoms with E-state index in [2.05, 4.69) is 9.47 Å². The first kappa shape index (κ1) is 16.4. The van der Waals surface area contributed by atoms with Crippen LogP contribution in [0.1, 0.15) is 0 Å². The van der Waals surface area contributed by atoms with Crippen LogP contribution in [0.3, 0.4) is 0 Å². The molecule has 9 heteroatoms. The molecular formula is C9H16O9. The highest BCUT2D eigenvalue weighted by atomic mass is 16.7. The summed E-state index contributed by atoms with van der Waals surface area (Å²) in [5, 5.41) is 16.2. The summed E-state index contributed by atoms with van der Waals surface area (Å²) in [6.45, 7) is 0.906. The Balaban J connectivity index is 2.99. The molecule has 0 heterocycles. The highest BCUT2D eigenvalue weighted by Crippen LogP contribution is 1.84. The molecule has 0 bridgehead atoms. The largest absolute Gasteiger partial charge is 0.507 e. The molecule has 0 aromatic carbocycles. The average molecular weight is 268 g/mol. The maximum absolute atomic E-state index is 9.94. The smallest absolute Gasteiger partial charge is 0.450 e. The first-order valence-electron chi connectivity index (χ1n) is 5.07. The third kappa shape index (κ3) is 14.4. The predicted molar refractivity (Wildman–Crippen MR) is 55.5 cm³/mol. The lowest BCUT2D eigenvalue weighted by Gasteiger charge is -2.06. The molecule has 0 aromatic rings. The second-order valence-electron chi connectivity index (χ2n) is 2.78. The van der Waals surface area contributed by atoms with E-state index in [0.29, 0.717) is 13.2 Å². The van der Waals surface area contributed by atoms with Crippen molar-refractivity contribution < 1.29 is 43.5 Å². The van der Waals surface area contributed by atoms with Gasteiger partial charge < -0.3 is 33.9 Å². The molecule has 0 amide bonds. The monoisotopic (exact) mass is 268 g/mol. The van der Waals surface area contributed by atoms with E-state index in [1.54, 1.807) is 0 Å². The highest BCUT2D eigenvalue weighted by molar-refractivity contribution is 5.56. The Morgan fingerprint density at radius 3 is 1.61 bits per heavy atom. The topological polar surface area (TPSA) is 121 Å². The predicted octanol–water partition coefficient (Wildman–Crippen LogP) is 0.383. The summed E-state index contributed by atoms with van der Waals surface area (Å²) in [5.41, 5.74) is 0. The third-order valence-corrected chi connectivity index (χ3v) is 1.46. The van der Waals surface area contributed by atoms with Gasteiger partial charge in [0, 0.05) is 0 Å². The SMILES string of the molecule is O=C(O)OCCOCCOCCOCOC(=O)O. The summed E-state index contributed by atoms with van der Waals surface area (Å²) in [7, 11) is 0. The quantitative estimate of drug-likeness (QED) is 0.311. The maximum atomic E-state index is 9.94. The molecule has 0 fully saturated rings. The lowest BCUT2D eigenvalue weighted by Crippen LogP contribution is -2.14. The Morgan fingerprint density at radius 1 is 0.667 bits per heavy atom. The first-order chi connectivity index (χ1) is 8.63. The summed E-state index contributed by atoms with van der Waals surface area (Å²) in [6.07, 6.45) is -2.73. The van der Waals surface area contributed by atoms with Crippen molar-refractivity contribution in [3.63, 3.8) is 0 Å². The molecule has 0 saturated heterocycles. The van der Waals surface area contributed by atoms with Gasteiger partial charge in [-0.15, -0.1) is 0 Å². The van der Waals surface area contributed by atoms with Crippen LogP contribution in [0.15, 0.2) is 0 Å². The minimum atomic E-state index is -1.40. The minimum absolute atomic E-state index is 0.0228. The van der Waals surface area contributed by atoms with E-state index in [-0.39, 0.29) is 33.2 Å². The van der Waals surface area contributed by atoms with Gasteiger partial charge in [0.1, 0.15) is 6.61 Å². The molecule has 0 unspecified atom stereocenters. The van der Waals surface area contributed by atoms with Crippen LogP contribution < -0.4 is 0 Å². The van der Waals surface area contributed by atoms with Crippen LogP contribution in [0.2, 0.25) is 0 Å². The van der Waals surface area contributed by atoms with Crippen molar-refractivity contribution in [1.82, 2.24) is 0 Å². The Kier molecular flexibility index (Phi) is 10.8. The number of rotatable bonds is 11. The lowest BCUT2D eigenvalue weighted by atomic mass is 10.7. The second-order valence-corrected chi connectivity index (χ2v) is 2.78. The zero-order valence-electron chi connectivity index (χ0n) is 9.70. The molecule has 0 saturated carbocycles. The van der Waals surface area contributed by atoms with E-state index < -0.39 is 12.3 Å². The van der Waals surface area contributed by atoms with Crippen molar-refractivity contribution in [2.24, 2.45) is 0 Å². The van der Waals surface area contributed by atoms with Gasteiger partial charge >= 0.3 is 12.3 Å². The van der Waals surface area contributed by atoms with Crippen molar-refractivity contribution in [1.29, 1.82) is 0 Å². The van der Waals surface area contributed by atoms with Crippen LogP contribution in [-0.4, -0.2) is 69.0 Å². The third-order valence-electron chi connectivity index (χ3n) is 1.46. The normalized spacial score (nSPS) is 10.0. The van der Waals surface area contributed by atoms with Crippen molar-refractivity contribution in [2.45, 2.75) is 0 Å². The molecule has 0 radical (unpaired) electrons. The maximum Gasteiger partial charge on any atom is 0.507 e. The van der Waals surface area contributed by atoms with E-state index in [1.165, 1.54) is 0 Å². The molecule has 0 atom stereocenters. The molecule has 2 N–H and O–H groups in total. The average Bonchev–Trinajstić information content (AvgIpc) is 2.29. The Morgan fingerprint density at radius 2 is 1.11 bits per heavy atom. The number of hydrogen-bond acceptors (Lipinski definition) is 7. The van der Waals surface area contributed by atoms with Crippen molar-refractivity contribution in [3.05, 3.63) is 0 Å². The lowest BCUT2D eigenvalue weighted by molar-refractivity contribution is -0.0560. The molecule has 0 aromatic heterocycles. The van der Waals surface area contributed by atoms with E-state index in [9.17, 15) is 9.59 Å². The van der Waals surface area contributed by atoms with Gasteiger partial charge in [0.05, 0.1) is 33.0 Å². The molecule has 0 rings (SSSR count). The van der Waals surface area contributed by atoms with E-state index in [4.69, 9.17) is 24.4 Å².